The molecule has 0 radical (unpaired) electrons. The van der Waals surface area contributed by atoms with E-state index in [1.807, 2.05) is 0 Å². The Bertz CT molecular complexity index is 355. The summed E-state index contributed by atoms with van der Waals surface area (Å²) in [5, 5.41) is 3.67. The Kier molecular flexibility index (Phi) is 5.20. The van der Waals surface area contributed by atoms with E-state index in [2.05, 4.69) is 65.1 Å². The van der Waals surface area contributed by atoms with Crippen LogP contribution >= 0.6 is 0 Å². The molecule has 1 nitrogen and oxygen atoms in total. The second-order valence-corrected chi connectivity index (χ2v) is 5.76. The molecule has 0 aliphatic rings. The van der Waals surface area contributed by atoms with Crippen molar-refractivity contribution in [1.29, 1.82) is 0 Å². The summed E-state index contributed by atoms with van der Waals surface area (Å²) in [7, 11) is 0. The van der Waals surface area contributed by atoms with Crippen LogP contribution in [0.5, 0.6) is 0 Å². The molecule has 1 heteroatoms. The molecule has 0 aromatic heterocycles. The average molecular weight is 233 g/mol. The van der Waals surface area contributed by atoms with Gasteiger partial charge < -0.3 is 5.32 Å². The van der Waals surface area contributed by atoms with E-state index in [9.17, 15) is 0 Å². The highest BCUT2D eigenvalue weighted by molar-refractivity contribution is 5.31. The van der Waals surface area contributed by atoms with Crippen LogP contribution < -0.4 is 5.32 Å². The van der Waals surface area contributed by atoms with Gasteiger partial charge in [0.05, 0.1) is 0 Å². The summed E-state index contributed by atoms with van der Waals surface area (Å²) in [5.41, 5.74) is 4.15. The van der Waals surface area contributed by atoms with E-state index in [-0.39, 0.29) is 0 Å². The van der Waals surface area contributed by atoms with E-state index in [0.717, 1.165) is 5.92 Å². The Morgan fingerprint density at radius 1 is 1.00 bits per heavy atom. The van der Waals surface area contributed by atoms with Crippen molar-refractivity contribution in [2.24, 2.45) is 5.92 Å². The van der Waals surface area contributed by atoms with E-state index in [1.54, 1.807) is 0 Å². The van der Waals surface area contributed by atoms with Gasteiger partial charge >= 0.3 is 0 Å². The molecule has 0 aliphatic heterocycles. The summed E-state index contributed by atoms with van der Waals surface area (Å²) in [5.74, 6) is 0.754. The molecular formula is C16H27N. The molecule has 17 heavy (non-hydrogen) atoms. The van der Waals surface area contributed by atoms with Crippen molar-refractivity contribution in [3.63, 3.8) is 0 Å². The molecular weight excluding hydrogens is 206 g/mol. The first-order valence-electron chi connectivity index (χ1n) is 6.73. The number of aryl methyl sites for hydroxylation is 2. The molecule has 0 spiro atoms. The molecule has 0 saturated carbocycles. The average Bonchev–Trinajstić information content (AvgIpc) is 2.20. The summed E-state index contributed by atoms with van der Waals surface area (Å²) in [6.07, 6.45) is 1.23. The van der Waals surface area contributed by atoms with Crippen LogP contribution in [0, 0.1) is 19.8 Å². The Morgan fingerprint density at radius 2 is 1.65 bits per heavy atom. The lowest BCUT2D eigenvalue weighted by molar-refractivity contribution is 0.407. The van der Waals surface area contributed by atoms with E-state index in [1.165, 1.54) is 23.1 Å². The van der Waals surface area contributed by atoms with E-state index >= 15 is 0 Å². The molecule has 1 N–H and O–H groups in total. The third kappa shape index (κ3) is 4.51. The van der Waals surface area contributed by atoms with Crippen molar-refractivity contribution in [1.82, 2.24) is 5.32 Å². The maximum atomic E-state index is 3.67. The molecule has 0 amide bonds. The zero-order valence-electron chi connectivity index (χ0n) is 12.2. The predicted octanol–water partition coefficient (Wildman–Crippen LogP) is 4.39. The molecule has 1 aromatic carbocycles. The van der Waals surface area contributed by atoms with Gasteiger partial charge in [-0.15, -0.1) is 0 Å². The van der Waals surface area contributed by atoms with Gasteiger partial charge in [-0.1, -0.05) is 32.0 Å². The Labute approximate surface area is 107 Å². The number of benzene rings is 1. The van der Waals surface area contributed by atoms with Gasteiger partial charge in [0, 0.05) is 12.1 Å². The van der Waals surface area contributed by atoms with Crippen LogP contribution in [0.15, 0.2) is 18.2 Å². The molecule has 2 atom stereocenters. The molecule has 0 aliphatic carbocycles. The van der Waals surface area contributed by atoms with Crippen molar-refractivity contribution in [3.8, 4) is 0 Å². The van der Waals surface area contributed by atoms with Crippen molar-refractivity contribution < 1.29 is 0 Å². The zero-order valence-corrected chi connectivity index (χ0v) is 12.2. The lowest BCUT2D eigenvalue weighted by Crippen LogP contribution is -2.30. The van der Waals surface area contributed by atoms with E-state index in [4.69, 9.17) is 0 Å². The molecule has 1 aromatic rings. The minimum atomic E-state index is 0.433. The van der Waals surface area contributed by atoms with Crippen LogP contribution in [-0.4, -0.2) is 6.04 Å². The Balaban J connectivity index is 2.63. The molecule has 2 unspecified atom stereocenters. The fourth-order valence-electron chi connectivity index (χ4n) is 2.33. The molecule has 1 rings (SSSR count). The van der Waals surface area contributed by atoms with Crippen LogP contribution in [0.3, 0.4) is 0 Å². The Morgan fingerprint density at radius 3 is 2.18 bits per heavy atom. The van der Waals surface area contributed by atoms with Crippen LogP contribution in [0.25, 0.3) is 0 Å². The predicted molar refractivity (Wildman–Crippen MR) is 76.4 cm³/mol. The summed E-state index contributed by atoms with van der Waals surface area (Å²) in [6.45, 7) is 13.4. The lowest BCUT2D eigenvalue weighted by atomic mass is 10.00. The highest BCUT2D eigenvalue weighted by Crippen LogP contribution is 2.18. The molecule has 96 valence electrons. The van der Waals surface area contributed by atoms with Crippen molar-refractivity contribution in [2.75, 3.05) is 0 Å². The zero-order chi connectivity index (χ0) is 13.0. The van der Waals surface area contributed by atoms with Crippen molar-refractivity contribution in [3.05, 3.63) is 34.9 Å². The first-order chi connectivity index (χ1) is 7.90. The first kappa shape index (κ1) is 14.2. The fourth-order valence-corrected chi connectivity index (χ4v) is 2.33. The second kappa shape index (κ2) is 6.20. The lowest BCUT2D eigenvalue weighted by Gasteiger charge is -2.22. The standard InChI is InChI=1S/C16H27N/c1-11(2)9-14(5)17-15(6)16-8-7-12(3)13(4)10-16/h7-8,10-11,14-15,17H,9H2,1-6H3. The van der Waals surface area contributed by atoms with Crippen molar-refractivity contribution in [2.45, 2.75) is 60.0 Å². The van der Waals surface area contributed by atoms with Gasteiger partial charge in [-0.05, 0) is 56.7 Å². The van der Waals surface area contributed by atoms with Gasteiger partial charge in [-0.25, -0.2) is 0 Å². The SMILES string of the molecule is Cc1ccc(C(C)NC(C)CC(C)C)cc1C. The van der Waals surface area contributed by atoms with Crippen molar-refractivity contribution >= 4 is 0 Å². The van der Waals surface area contributed by atoms with Gasteiger partial charge in [-0.3, -0.25) is 0 Å². The van der Waals surface area contributed by atoms with E-state index in [0.29, 0.717) is 12.1 Å². The number of hydrogen-bond donors (Lipinski definition) is 1. The normalized spacial score (nSPS) is 15.0. The quantitative estimate of drug-likeness (QED) is 0.795. The second-order valence-electron chi connectivity index (χ2n) is 5.76. The van der Waals surface area contributed by atoms with Crippen LogP contribution in [0.2, 0.25) is 0 Å². The van der Waals surface area contributed by atoms with Gasteiger partial charge in [0.2, 0.25) is 0 Å². The molecule has 0 heterocycles. The number of rotatable bonds is 5. The molecule has 0 fully saturated rings. The van der Waals surface area contributed by atoms with Crippen LogP contribution in [-0.2, 0) is 0 Å². The minimum Gasteiger partial charge on any atom is -0.308 e. The minimum absolute atomic E-state index is 0.433. The van der Waals surface area contributed by atoms with Gasteiger partial charge in [0.15, 0.2) is 0 Å². The molecule has 0 saturated heterocycles. The van der Waals surface area contributed by atoms with Gasteiger partial charge in [0.25, 0.3) is 0 Å². The maximum Gasteiger partial charge on any atom is 0.0294 e. The summed E-state index contributed by atoms with van der Waals surface area (Å²) < 4.78 is 0. The maximum absolute atomic E-state index is 3.67. The summed E-state index contributed by atoms with van der Waals surface area (Å²) in [6, 6.07) is 7.77. The van der Waals surface area contributed by atoms with E-state index < -0.39 is 0 Å². The largest absolute Gasteiger partial charge is 0.308 e. The van der Waals surface area contributed by atoms with Gasteiger partial charge in [0.1, 0.15) is 0 Å². The first-order valence-corrected chi connectivity index (χ1v) is 6.73. The fraction of sp³-hybridized carbons (Fsp3) is 0.625. The smallest absolute Gasteiger partial charge is 0.0294 e. The van der Waals surface area contributed by atoms with Crippen LogP contribution in [0.4, 0.5) is 0 Å². The third-order valence-corrected chi connectivity index (χ3v) is 3.39. The highest BCUT2D eigenvalue weighted by Gasteiger charge is 2.11. The summed E-state index contributed by atoms with van der Waals surface area (Å²) >= 11 is 0. The monoisotopic (exact) mass is 233 g/mol. The number of hydrogen-bond acceptors (Lipinski definition) is 1. The Hall–Kier alpha value is -0.820. The number of nitrogens with one attached hydrogen (secondary N) is 1. The van der Waals surface area contributed by atoms with Crippen LogP contribution in [0.1, 0.15) is 56.8 Å². The highest BCUT2D eigenvalue weighted by atomic mass is 14.9. The van der Waals surface area contributed by atoms with Gasteiger partial charge in [-0.2, -0.15) is 0 Å². The molecule has 0 bridgehead atoms. The topological polar surface area (TPSA) is 12.0 Å². The summed E-state index contributed by atoms with van der Waals surface area (Å²) in [4.78, 5) is 0. The third-order valence-electron chi connectivity index (χ3n) is 3.39.